The van der Waals surface area contributed by atoms with Gasteiger partial charge in [0.05, 0.1) is 11.4 Å². The van der Waals surface area contributed by atoms with Gasteiger partial charge in [-0.1, -0.05) is 61.4 Å². The standard InChI is InChI=1S/C29H31N3O/c33-28(32(23-13-5-2-6-14-23)31-22-11-3-1-4-12-22)24-15-9-10-21-20-26-25-16-7-8-17-29(25,27(21)24)18-19-30-26/h1-6,9-15,25-26,30-31H,7-8,16-20H2/t25-,26+,29+/m0/s1. The number of anilines is 2. The van der Waals surface area contributed by atoms with Crippen molar-refractivity contribution in [2.45, 2.75) is 50.0 Å². The monoisotopic (exact) mass is 437 g/mol. The first-order valence-electron chi connectivity index (χ1n) is 12.3. The van der Waals surface area contributed by atoms with Crippen LogP contribution in [-0.4, -0.2) is 18.5 Å². The Labute approximate surface area is 196 Å². The zero-order valence-corrected chi connectivity index (χ0v) is 19.0. The smallest absolute Gasteiger partial charge is 0.277 e. The van der Waals surface area contributed by atoms with Gasteiger partial charge in [-0.25, -0.2) is 5.01 Å². The van der Waals surface area contributed by atoms with Crippen LogP contribution in [0.25, 0.3) is 0 Å². The van der Waals surface area contributed by atoms with Crippen molar-refractivity contribution in [1.82, 2.24) is 5.32 Å². The Morgan fingerprint density at radius 3 is 2.52 bits per heavy atom. The molecule has 6 rings (SSSR count). The van der Waals surface area contributed by atoms with E-state index in [1.54, 1.807) is 5.01 Å². The lowest BCUT2D eigenvalue weighted by molar-refractivity contribution is 0.0771. The minimum atomic E-state index is 0.0255. The van der Waals surface area contributed by atoms with Crippen LogP contribution in [0.15, 0.2) is 78.9 Å². The van der Waals surface area contributed by atoms with E-state index < -0.39 is 0 Å². The van der Waals surface area contributed by atoms with E-state index in [2.05, 4.69) is 28.9 Å². The van der Waals surface area contributed by atoms with Crippen LogP contribution in [0.5, 0.6) is 0 Å². The average molecular weight is 438 g/mol. The molecule has 168 valence electrons. The molecule has 3 atom stereocenters. The number of para-hydroxylation sites is 2. The van der Waals surface area contributed by atoms with Crippen molar-refractivity contribution in [3.8, 4) is 0 Å². The quantitative estimate of drug-likeness (QED) is 0.514. The highest BCUT2D eigenvalue weighted by Gasteiger charge is 2.52. The van der Waals surface area contributed by atoms with Gasteiger partial charge < -0.3 is 5.32 Å². The number of amides is 1. The number of carbonyl (C=O) groups is 1. The first-order valence-corrected chi connectivity index (χ1v) is 12.3. The lowest BCUT2D eigenvalue weighted by Crippen LogP contribution is -2.60. The summed E-state index contributed by atoms with van der Waals surface area (Å²) in [6.07, 6.45) is 7.19. The molecule has 1 amide bonds. The molecule has 4 heteroatoms. The predicted octanol–water partition coefficient (Wildman–Crippen LogP) is 5.71. The number of benzene rings is 3. The molecule has 2 aliphatic carbocycles. The van der Waals surface area contributed by atoms with E-state index >= 15 is 0 Å². The van der Waals surface area contributed by atoms with Crippen LogP contribution in [0.2, 0.25) is 0 Å². The Morgan fingerprint density at radius 2 is 1.70 bits per heavy atom. The predicted molar refractivity (Wildman–Crippen MR) is 134 cm³/mol. The van der Waals surface area contributed by atoms with Crippen LogP contribution in [0.3, 0.4) is 0 Å². The van der Waals surface area contributed by atoms with Gasteiger partial charge in [-0.3, -0.25) is 10.2 Å². The molecule has 4 nitrogen and oxygen atoms in total. The Morgan fingerprint density at radius 1 is 0.909 bits per heavy atom. The highest BCUT2D eigenvalue weighted by molar-refractivity contribution is 6.08. The number of nitrogens with one attached hydrogen (secondary N) is 2. The van der Waals surface area contributed by atoms with Crippen molar-refractivity contribution in [2.24, 2.45) is 5.92 Å². The molecule has 3 aromatic rings. The lowest BCUT2D eigenvalue weighted by atomic mass is 9.52. The summed E-state index contributed by atoms with van der Waals surface area (Å²) < 4.78 is 0. The topological polar surface area (TPSA) is 44.4 Å². The lowest BCUT2D eigenvalue weighted by Gasteiger charge is -2.56. The van der Waals surface area contributed by atoms with Gasteiger partial charge in [0.1, 0.15) is 0 Å². The molecule has 0 spiro atoms. The fraction of sp³-hybridized carbons (Fsp3) is 0.345. The molecule has 1 saturated carbocycles. The van der Waals surface area contributed by atoms with Crippen LogP contribution in [0, 0.1) is 5.92 Å². The van der Waals surface area contributed by atoms with Gasteiger partial charge >= 0.3 is 0 Å². The summed E-state index contributed by atoms with van der Waals surface area (Å²) in [5.41, 5.74) is 8.84. The van der Waals surface area contributed by atoms with E-state index in [9.17, 15) is 4.79 Å². The highest BCUT2D eigenvalue weighted by Crippen LogP contribution is 2.54. The Balaban J connectivity index is 1.47. The second-order valence-electron chi connectivity index (χ2n) is 9.82. The molecule has 1 aliphatic heterocycles. The average Bonchev–Trinajstić information content (AvgIpc) is 2.87. The molecule has 1 saturated heterocycles. The molecule has 3 aliphatic rings. The fourth-order valence-electron chi connectivity index (χ4n) is 6.78. The summed E-state index contributed by atoms with van der Waals surface area (Å²) in [5.74, 6) is 0.659. The molecular formula is C29H31N3O. The summed E-state index contributed by atoms with van der Waals surface area (Å²) in [4.78, 5) is 14.3. The third-order valence-corrected chi connectivity index (χ3v) is 8.11. The molecule has 2 N–H and O–H groups in total. The van der Waals surface area contributed by atoms with E-state index in [0.717, 1.165) is 36.3 Å². The zero-order chi connectivity index (χ0) is 22.3. The van der Waals surface area contributed by atoms with Crippen molar-refractivity contribution in [3.05, 3.63) is 95.6 Å². The van der Waals surface area contributed by atoms with Crippen molar-refractivity contribution < 1.29 is 4.79 Å². The van der Waals surface area contributed by atoms with Crippen molar-refractivity contribution in [1.29, 1.82) is 0 Å². The summed E-state index contributed by atoms with van der Waals surface area (Å²) >= 11 is 0. The molecule has 0 unspecified atom stereocenters. The number of carbonyl (C=O) groups excluding carboxylic acids is 1. The number of hydrogen-bond donors (Lipinski definition) is 2. The van der Waals surface area contributed by atoms with Gasteiger partial charge in [0, 0.05) is 17.0 Å². The van der Waals surface area contributed by atoms with E-state index in [1.807, 2.05) is 60.7 Å². The summed E-state index contributed by atoms with van der Waals surface area (Å²) in [5, 5.41) is 5.54. The third kappa shape index (κ3) is 3.44. The van der Waals surface area contributed by atoms with E-state index in [4.69, 9.17) is 0 Å². The molecule has 2 bridgehead atoms. The van der Waals surface area contributed by atoms with Gasteiger partial charge in [-0.05, 0) is 79.6 Å². The Bertz CT molecular complexity index is 1140. The number of piperidine rings is 1. The first kappa shape index (κ1) is 20.5. The molecule has 0 radical (unpaired) electrons. The van der Waals surface area contributed by atoms with Gasteiger partial charge in [-0.15, -0.1) is 0 Å². The van der Waals surface area contributed by atoms with E-state index in [-0.39, 0.29) is 11.3 Å². The van der Waals surface area contributed by atoms with Crippen molar-refractivity contribution in [3.63, 3.8) is 0 Å². The van der Waals surface area contributed by atoms with Gasteiger partial charge in [-0.2, -0.15) is 0 Å². The fourth-order valence-corrected chi connectivity index (χ4v) is 6.78. The Kier molecular flexibility index (Phi) is 5.18. The molecule has 0 aromatic heterocycles. The maximum atomic E-state index is 14.3. The number of hydrazine groups is 1. The maximum Gasteiger partial charge on any atom is 0.277 e. The van der Waals surface area contributed by atoms with Crippen molar-refractivity contribution in [2.75, 3.05) is 17.0 Å². The second-order valence-corrected chi connectivity index (χ2v) is 9.82. The first-order chi connectivity index (χ1) is 16.3. The SMILES string of the molecule is O=C(c1cccc2c1[C@@]13CCCC[C@H]1[C@@H](C2)NCC3)N(Nc1ccccc1)c1ccccc1. The van der Waals surface area contributed by atoms with Crippen LogP contribution < -0.4 is 15.8 Å². The minimum Gasteiger partial charge on any atom is -0.313 e. The number of hydrogen-bond acceptors (Lipinski definition) is 3. The summed E-state index contributed by atoms with van der Waals surface area (Å²) in [6.45, 7) is 1.05. The molecule has 1 heterocycles. The van der Waals surface area contributed by atoms with Crippen LogP contribution in [0.4, 0.5) is 11.4 Å². The number of rotatable bonds is 4. The third-order valence-electron chi connectivity index (χ3n) is 8.11. The zero-order valence-electron chi connectivity index (χ0n) is 19.0. The van der Waals surface area contributed by atoms with E-state index in [0.29, 0.717) is 12.0 Å². The molecule has 3 aromatic carbocycles. The minimum absolute atomic E-state index is 0.0255. The highest BCUT2D eigenvalue weighted by atomic mass is 16.2. The number of nitrogens with zero attached hydrogens (tertiary/aromatic N) is 1. The normalized spacial score (nSPS) is 25.5. The van der Waals surface area contributed by atoms with E-state index in [1.165, 1.54) is 36.8 Å². The number of fused-ring (bicyclic) bond motifs is 1. The molecule has 2 fully saturated rings. The summed E-state index contributed by atoms with van der Waals surface area (Å²) in [7, 11) is 0. The largest absolute Gasteiger partial charge is 0.313 e. The van der Waals surface area contributed by atoms with Gasteiger partial charge in [0.2, 0.25) is 0 Å². The van der Waals surface area contributed by atoms with Crippen LogP contribution >= 0.6 is 0 Å². The van der Waals surface area contributed by atoms with Gasteiger partial charge in [0.25, 0.3) is 5.91 Å². The van der Waals surface area contributed by atoms with Crippen LogP contribution in [-0.2, 0) is 11.8 Å². The maximum absolute atomic E-state index is 14.3. The Hall–Kier alpha value is -3.11. The molecular weight excluding hydrogens is 406 g/mol. The van der Waals surface area contributed by atoms with Crippen LogP contribution in [0.1, 0.15) is 53.6 Å². The summed E-state index contributed by atoms with van der Waals surface area (Å²) in [6, 6.07) is 26.8. The second kappa shape index (κ2) is 8.35. The molecule has 33 heavy (non-hydrogen) atoms. The van der Waals surface area contributed by atoms with Crippen molar-refractivity contribution >= 4 is 17.3 Å². The van der Waals surface area contributed by atoms with Gasteiger partial charge in [0.15, 0.2) is 0 Å².